The van der Waals surface area contributed by atoms with Crippen LogP contribution in [0.25, 0.3) is 33.6 Å². The summed E-state index contributed by atoms with van der Waals surface area (Å²) >= 11 is 0. The van der Waals surface area contributed by atoms with Crippen molar-refractivity contribution in [2.45, 2.75) is 13.8 Å². The number of nitrogens with zero attached hydrogens (tertiary/aromatic N) is 1. The zero-order chi connectivity index (χ0) is 17.2. The molecule has 0 aliphatic carbocycles. The highest BCUT2D eigenvalue weighted by atomic mass is 15.1. The maximum Gasteiger partial charge on any atom is 0.101 e. The summed E-state index contributed by atoms with van der Waals surface area (Å²) in [5.74, 6) is 0. The van der Waals surface area contributed by atoms with Gasteiger partial charge >= 0.3 is 0 Å². The lowest BCUT2D eigenvalue weighted by Gasteiger charge is -2.08. The van der Waals surface area contributed by atoms with Gasteiger partial charge in [0.25, 0.3) is 0 Å². The summed E-state index contributed by atoms with van der Waals surface area (Å²) in [4.78, 5) is 0. The minimum absolute atomic E-state index is 0.986. The molecule has 0 amide bonds. The van der Waals surface area contributed by atoms with E-state index in [1.165, 1.54) is 16.7 Å². The Morgan fingerprint density at radius 2 is 1.16 bits per heavy atom. The Hall–Kier alpha value is -3.13. The standard InChI is InChI=1S/C23H20N2/c1-16-8-12-18(13-9-16)21-22(19-6-4-3-5-7-19)24-25-23(21)20-14-10-17(2)11-15-20/h3-15H,1-2H3,(H,24,25). The molecule has 2 nitrogen and oxygen atoms in total. The van der Waals surface area contributed by atoms with E-state index in [-0.39, 0.29) is 0 Å². The van der Waals surface area contributed by atoms with E-state index in [2.05, 4.69) is 96.8 Å². The second kappa shape index (κ2) is 6.40. The van der Waals surface area contributed by atoms with Gasteiger partial charge in [0.15, 0.2) is 0 Å². The lowest BCUT2D eigenvalue weighted by atomic mass is 9.95. The van der Waals surface area contributed by atoms with Crippen LogP contribution < -0.4 is 0 Å². The molecule has 4 rings (SSSR count). The molecule has 0 aliphatic rings. The predicted octanol–water partition coefficient (Wildman–Crippen LogP) is 6.03. The molecule has 0 saturated heterocycles. The van der Waals surface area contributed by atoms with Crippen LogP contribution >= 0.6 is 0 Å². The van der Waals surface area contributed by atoms with E-state index in [0.29, 0.717) is 0 Å². The topological polar surface area (TPSA) is 28.7 Å². The van der Waals surface area contributed by atoms with Crippen LogP contribution in [0.2, 0.25) is 0 Å². The summed E-state index contributed by atoms with van der Waals surface area (Å²) in [6.07, 6.45) is 0. The van der Waals surface area contributed by atoms with Crippen LogP contribution in [0.3, 0.4) is 0 Å². The third kappa shape index (κ3) is 2.99. The molecule has 0 fully saturated rings. The Morgan fingerprint density at radius 1 is 0.600 bits per heavy atom. The first kappa shape index (κ1) is 15.4. The molecular weight excluding hydrogens is 304 g/mol. The Morgan fingerprint density at radius 3 is 1.76 bits per heavy atom. The molecular formula is C23H20N2. The smallest absolute Gasteiger partial charge is 0.101 e. The van der Waals surface area contributed by atoms with E-state index >= 15 is 0 Å². The number of aromatic amines is 1. The molecule has 0 radical (unpaired) electrons. The zero-order valence-electron chi connectivity index (χ0n) is 14.5. The number of nitrogens with one attached hydrogen (secondary N) is 1. The lowest BCUT2D eigenvalue weighted by Crippen LogP contribution is -1.86. The minimum Gasteiger partial charge on any atom is -0.277 e. The van der Waals surface area contributed by atoms with Crippen LogP contribution in [0.15, 0.2) is 78.9 Å². The van der Waals surface area contributed by atoms with Gasteiger partial charge in [-0.1, -0.05) is 90.0 Å². The van der Waals surface area contributed by atoms with Gasteiger partial charge in [-0.05, 0) is 19.4 Å². The molecule has 0 aliphatic heterocycles. The van der Waals surface area contributed by atoms with Crippen molar-refractivity contribution in [1.82, 2.24) is 10.2 Å². The van der Waals surface area contributed by atoms with Crippen LogP contribution in [0.1, 0.15) is 11.1 Å². The summed E-state index contributed by atoms with van der Waals surface area (Å²) in [7, 11) is 0. The summed E-state index contributed by atoms with van der Waals surface area (Å²) in [6.45, 7) is 4.21. The zero-order valence-corrected chi connectivity index (χ0v) is 14.5. The molecule has 0 unspecified atom stereocenters. The summed E-state index contributed by atoms with van der Waals surface area (Å²) in [5, 5.41) is 7.93. The van der Waals surface area contributed by atoms with Crippen LogP contribution in [-0.4, -0.2) is 10.2 Å². The Balaban J connectivity index is 1.94. The Labute approximate surface area is 148 Å². The fraction of sp³-hybridized carbons (Fsp3) is 0.0870. The molecule has 0 saturated carbocycles. The predicted molar refractivity (Wildman–Crippen MR) is 104 cm³/mol. The largest absolute Gasteiger partial charge is 0.277 e. The molecule has 1 heterocycles. The van der Waals surface area contributed by atoms with Crippen LogP contribution in [0, 0.1) is 13.8 Å². The van der Waals surface area contributed by atoms with Crippen molar-refractivity contribution >= 4 is 0 Å². The highest BCUT2D eigenvalue weighted by Crippen LogP contribution is 2.38. The van der Waals surface area contributed by atoms with Crippen molar-refractivity contribution in [2.75, 3.05) is 0 Å². The number of aryl methyl sites for hydroxylation is 2. The molecule has 0 bridgehead atoms. The van der Waals surface area contributed by atoms with Gasteiger partial charge in [-0.25, -0.2) is 0 Å². The maximum absolute atomic E-state index is 4.66. The number of rotatable bonds is 3. The van der Waals surface area contributed by atoms with E-state index < -0.39 is 0 Å². The second-order valence-electron chi connectivity index (χ2n) is 6.42. The molecule has 25 heavy (non-hydrogen) atoms. The lowest BCUT2D eigenvalue weighted by molar-refractivity contribution is 1.10. The minimum atomic E-state index is 0.986. The molecule has 3 aromatic carbocycles. The highest BCUT2D eigenvalue weighted by Gasteiger charge is 2.17. The van der Waals surface area contributed by atoms with Crippen molar-refractivity contribution in [3.05, 3.63) is 90.0 Å². The summed E-state index contributed by atoms with van der Waals surface area (Å²) < 4.78 is 0. The van der Waals surface area contributed by atoms with E-state index in [1.807, 2.05) is 6.07 Å². The van der Waals surface area contributed by atoms with Crippen molar-refractivity contribution in [1.29, 1.82) is 0 Å². The fourth-order valence-electron chi connectivity index (χ4n) is 3.08. The molecule has 122 valence electrons. The first-order valence-electron chi connectivity index (χ1n) is 8.50. The van der Waals surface area contributed by atoms with Gasteiger partial charge in [0.05, 0.1) is 5.69 Å². The quantitative estimate of drug-likeness (QED) is 0.490. The highest BCUT2D eigenvalue weighted by molar-refractivity contribution is 5.91. The molecule has 0 spiro atoms. The van der Waals surface area contributed by atoms with Crippen LogP contribution in [0.4, 0.5) is 0 Å². The van der Waals surface area contributed by atoms with E-state index in [9.17, 15) is 0 Å². The van der Waals surface area contributed by atoms with Crippen molar-refractivity contribution in [2.24, 2.45) is 0 Å². The number of H-pyrrole nitrogens is 1. The van der Waals surface area contributed by atoms with Crippen LogP contribution in [-0.2, 0) is 0 Å². The van der Waals surface area contributed by atoms with E-state index in [0.717, 1.165) is 28.1 Å². The van der Waals surface area contributed by atoms with Crippen LogP contribution in [0.5, 0.6) is 0 Å². The van der Waals surface area contributed by atoms with Gasteiger partial charge in [-0.15, -0.1) is 0 Å². The third-order valence-electron chi connectivity index (χ3n) is 4.49. The first-order chi connectivity index (χ1) is 12.2. The maximum atomic E-state index is 4.66. The normalized spacial score (nSPS) is 10.8. The van der Waals surface area contributed by atoms with Crippen molar-refractivity contribution in [3.8, 4) is 33.6 Å². The summed E-state index contributed by atoms with van der Waals surface area (Å²) in [6, 6.07) is 27.5. The third-order valence-corrected chi connectivity index (χ3v) is 4.49. The van der Waals surface area contributed by atoms with Gasteiger partial charge in [-0.2, -0.15) is 5.10 Å². The summed E-state index contributed by atoms with van der Waals surface area (Å²) in [5.41, 5.74) is 9.14. The van der Waals surface area contributed by atoms with Crippen molar-refractivity contribution in [3.63, 3.8) is 0 Å². The van der Waals surface area contributed by atoms with Gasteiger partial charge in [-0.3, -0.25) is 5.10 Å². The average Bonchev–Trinajstić information content (AvgIpc) is 3.09. The average molecular weight is 324 g/mol. The number of hydrogen-bond donors (Lipinski definition) is 1. The van der Waals surface area contributed by atoms with E-state index in [1.54, 1.807) is 0 Å². The Bertz CT molecular complexity index is 979. The van der Waals surface area contributed by atoms with E-state index in [4.69, 9.17) is 0 Å². The van der Waals surface area contributed by atoms with Gasteiger partial charge in [0.2, 0.25) is 0 Å². The van der Waals surface area contributed by atoms with Crippen molar-refractivity contribution < 1.29 is 0 Å². The monoisotopic (exact) mass is 324 g/mol. The Kier molecular flexibility index (Phi) is 3.95. The second-order valence-corrected chi connectivity index (χ2v) is 6.42. The molecule has 4 aromatic rings. The number of hydrogen-bond acceptors (Lipinski definition) is 1. The number of benzene rings is 3. The molecule has 0 atom stereocenters. The van der Waals surface area contributed by atoms with Gasteiger partial charge in [0.1, 0.15) is 5.69 Å². The number of aromatic nitrogens is 2. The van der Waals surface area contributed by atoms with Gasteiger partial charge < -0.3 is 0 Å². The van der Waals surface area contributed by atoms with Gasteiger partial charge in [0, 0.05) is 16.7 Å². The first-order valence-corrected chi connectivity index (χ1v) is 8.50. The fourth-order valence-corrected chi connectivity index (χ4v) is 3.08. The molecule has 1 aromatic heterocycles. The SMILES string of the molecule is Cc1ccc(-c2[nH]nc(-c3ccccc3)c2-c2ccc(C)cc2)cc1. The molecule has 1 N–H and O–H groups in total. The molecule has 2 heteroatoms.